The van der Waals surface area contributed by atoms with E-state index in [4.69, 9.17) is 0 Å². The summed E-state index contributed by atoms with van der Waals surface area (Å²) in [4.78, 5) is 20.6. The molecular weight excluding hydrogens is 489 g/mol. The van der Waals surface area contributed by atoms with Crippen molar-refractivity contribution < 1.29 is 9.18 Å². The van der Waals surface area contributed by atoms with Gasteiger partial charge in [0, 0.05) is 34.0 Å². The second-order valence-electron chi connectivity index (χ2n) is 11.0. The van der Waals surface area contributed by atoms with E-state index < -0.39 is 0 Å². The van der Waals surface area contributed by atoms with Crippen molar-refractivity contribution in [1.29, 1.82) is 0 Å². The largest absolute Gasteiger partial charge is 0.353 e. The summed E-state index contributed by atoms with van der Waals surface area (Å²) in [5.74, 6) is -0.284. The Hall–Kier alpha value is -4.78. The average Bonchev–Trinajstić information content (AvgIpc) is 3.51. The van der Waals surface area contributed by atoms with Gasteiger partial charge >= 0.3 is 0 Å². The normalized spacial score (nSPS) is 11.8. The Morgan fingerprint density at radius 1 is 0.897 bits per heavy atom. The summed E-state index contributed by atoms with van der Waals surface area (Å²) in [6, 6.07) is 24.3. The quantitative estimate of drug-likeness (QED) is 0.217. The first kappa shape index (κ1) is 24.6. The highest BCUT2D eigenvalue weighted by Crippen LogP contribution is 2.35. The fraction of sp³-hybridized carbons (Fsp3) is 0.156. The van der Waals surface area contributed by atoms with Gasteiger partial charge in [-0.15, -0.1) is 0 Å². The zero-order chi connectivity index (χ0) is 27.1. The topological polar surface area (TPSA) is 86.5 Å². The molecule has 39 heavy (non-hydrogen) atoms. The molecule has 3 heterocycles. The van der Waals surface area contributed by atoms with Crippen LogP contribution in [0.15, 0.2) is 85.1 Å². The molecular formula is C32H28FN5O. The Labute approximate surface area is 225 Å². The van der Waals surface area contributed by atoms with E-state index in [1.165, 1.54) is 6.07 Å². The van der Waals surface area contributed by atoms with Crippen molar-refractivity contribution in [2.24, 2.45) is 5.41 Å². The van der Waals surface area contributed by atoms with Crippen LogP contribution in [0, 0.1) is 11.2 Å². The van der Waals surface area contributed by atoms with Crippen LogP contribution in [-0.4, -0.2) is 26.1 Å². The van der Waals surface area contributed by atoms with Gasteiger partial charge in [0.25, 0.3) is 0 Å². The molecule has 0 saturated carbocycles. The van der Waals surface area contributed by atoms with Crippen LogP contribution in [0.4, 0.5) is 10.1 Å². The lowest BCUT2D eigenvalue weighted by atomic mass is 9.92. The van der Waals surface area contributed by atoms with Crippen LogP contribution in [-0.2, 0) is 4.79 Å². The van der Waals surface area contributed by atoms with Gasteiger partial charge in [0.2, 0.25) is 5.91 Å². The molecule has 0 aliphatic rings. The van der Waals surface area contributed by atoms with Crippen LogP contribution in [0.1, 0.15) is 27.2 Å². The molecule has 6 nitrogen and oxygen atoms in total. The van der Waals surface area contributed by atoms with Crippen molar-refractivity contribution in [3.05, 3.63) is 90.9 Å². The number of nitrogens with one attached hydrogen (secondary N) is 3. The SMILES string of the molecule is CC(C)(C)CC(=O)Nc1cccc(-c2cc3c(-c4cc5c(-c6cccc(F)c6)cccc5[nH]4)n[nH]c3cn2)c1. The molecule has 0 bridgehead atoms. The molecule has 7 heteroatoms. The maximum atomic E-state index is 13.9. The molecule has 0 atom stereocenters. The summed E-state index contributed by atoms with van der Waals surface area (Å²) in [5.41, 5.74) is 7.44. The number of aromatic nitrogens is 4. The fourth-order valence-electron chi connectivity index (χ4n) is 4.91. The second-order valence-corrected chi connectivity index (χ2v) is 11.0. The third-order valence-corrected chi connectivity index (χ3v) is 6.64. The predicted octanol–water partition coefficient (Wildman–Crippen LogP) is 7.95. The smallest absolute Gasteiger partial charge is 0.224 e. The number of hydrogen-bond donors (Lipinski definition) is 3. The highest BCUT2D eigenvalue weighted by molar-refractivity contribution is 6.01. The minimum absolute atomic E-state index is 0.0170. The molecule has 3 aromatic heterocycles. The highest BCUT2D eigenvalue weighted by Gasteiger charge is 2.17. The molecule has 194 valence electrons. The number of fused-ring (bicyclic) bond motifs is 2. The molecule has 0 aliphatic heterocycles. The van der Waals surface area contributed by atoms with Crippen LogP contribution < -0.4 is 5.32 Å². The summed E-state index contributed by atoms with van der Waals surface area (Å²) < 4.78 is 13.9. The zero-order valence-corrected chi connectivity index (χ0v) is 22.0. The summed E-state index contributed by atoms with van der Waals surface area (Å²) in [7, 11) is 0. The first-order valence-electron chi connectivity index (χ1n) is 12.9. The number of benzene rings is 3. The van der Waals surface area contributed by atoms with E-state index in [1.807, 2.05) is 75.4 Å². The Morgan fingerprint density at radius 3 is 2.51 bits per heavy atom. The fourth-order valence-corrected chi connectivity index (χ4v) is 4.91. The highest BCUT2D eigenvalue weighted by atomic mass is 19.1. The Kier molecular flexibility index (Phi) is 5.99. The van der Waals surface area contributed by atoms with E-state index in [0.717, 1.165) is 61.3 Å². The summed E-state index contributed by atoms with van der Waals surface area (Å²) in [6.45, 7) is 6.13. The standard InChI is InChI=1S/C32H28FN5O/c1-32(2,3)17-30(39)35-22-10-5-8-20(14-22)27-16-25-29(18-34-27)37-38-31(25)28-15-24-23(11-6-12-26(24)36-28)19-7-4-9-21(33)13-19/h4-16,18,36H,17H2,1-3H3,(H,35,39)(H,37,38). The molecule has 0 spiro atoms. The summed E-state index contributed by atoms with van der Waals surface area (Å²) in [6.07, 6.45) is 2.21. The molecule has 0 radical (unpaired) electrons. The lowest BCUT2D eigenvalue weighted by Gasteiger charge is -2.17. The number of nitrogens with zero attached hydrogens (tertiary/aromatic N) is 2. The lowest BCUT2D eigenvalue weighted by molar-refractivity contribution is -0.117. The number of carbonyl (C=O) groups excluding carboxylic acids is 1. The molecule has 3 N–H and O–H groups in total. The number of anilines is 1. The van der Waals surface area contributed by atoms with E-state index in [-0.39, 0.29) is 17.1 Å². The lowest BCUT2D eigenvalue weighted by Crippen LogP contribution is -2.19. The van der Waals surface area contributed by atoms with Gasteiger partial charge in [-0.1, -0.05) is 57.2 Å². The van der Waals surface area contributed by atoms with Crippen LogP contribution in [0.25, 0.3) is 55.6 Å². The van der Waals surface area contributed by atoms with Crippen molar-refractivity contribution in [1.82, 2.24) is 20.2 Å². The van der Waals surface area contributed by atoms with Gasteiger partial charge < -0.3 is 10.3 Å². The minimum atomic E-state index is -0.267. The molecule has 0 fully saturated rings. The van der Waals surface area contributed by atoms with Gasteiger partial charge in [0.05, 0.1) is 23.1 Å². The van der Waals surface area contributed by atoms with Gasteiger partial charge in [0.15, 0.2) is 0 Å². The summed E-state index contributed by atoms with van der Waals surface area (Å²) >= 11 is 0. The average molecular weight is 518 g/mol. The number of amides is 1. The van der Waals surface area contributed by atoms with Crippen LogP contribution in [0.5, 0.6) is 0 Å². The first-order valence-corrected chi connectivity index (χ1v) is 12.9. The second kappa shape index (κ2) is 9.51. The maximum absolute atomic E-state index is 13.9. The molecule has 0 saturated heterocycles. The van der Waals surface area contributed by atoms with Crippen molar-refractivity contribution >= 4 is 33.4 Å². The van der Waals surface area contributed by atoms with Gasteiger partial charge in [0.1, 0.15) is 11.5 Å². The predicted molar refractivity (Wildman–Crippen MR) is 155 cm³/mol. The third-order valence-electron chi connectivity index (χ3n) is 6.64. The Bertz CT molecular complexity index is 1840. The van der Waals surface area contributed by atoms with E-state index >= 15 is 0 Å². The number of carbonyl (C=O) groups is 1. The number of rotatable bonds is 5. The number of pyridine rings is 1. The number of H-pyrrole nitrogens is 2. The van der Waals surface area contributed by atoms with E-state index in [1.54, 1.807) is 18.3 Å². The number of aromatic amines is 2. The first-order chi connectivity index (χ1) is 18.7. The minimum Gasteiger partial charge on any atom is -0.353 e. The molecule has 1 amide bonds. The van der Waals surface area contributed by atoms with Gasteiger partial charge in [-0.25, -0.2) is 4.39 Å². The third kappa shape index (κ3) is 5.03. The van der Waals surface area contributed by atoms with Crippen LogP contribution >= 0.6 is 0 Å². The monoisotopic (exact) mass is 517 g/mol. The van der Waals surface area contributed by atoms with E-state index in [9.17, 15) is 9.18 Å². The molecule has 0 unspecified atom stereocenters. The zero-order valence-electron chi connectivity index (χ0n) is 22.0. The maximum Gasteiger partial charge on any atom is 0.224 e. The Morgan fingerprint density at radius 2 is 1.69 bits per heavy atom. The van der Waals surface area contributed by atoms with Crippen molar-refractivity contribution in [3.63, 3.8) is 0 Å². The van der Waals surface area contributed by atoms with Gasteiger partial charge in [-0.3, -0.25) is 14.9 Å². The van der Waals surface area contributed by atoms with Crippen LogP contribution in [0.3, 0.4) is 0 Å². The molecule has 6 rings (SSSR count). The van der Waals surface area contributed by atoms with Crippen molar-refractivity contribution in [2.75, 3.05) is 5.32 Å². The molecule has 3 aromatic carbocycles. The van der Waals surface area contributed by atoms with Crippen LogP contribution in [0.2, 0.25) is 0 Å². The summed E-state index contributed by atoms with van der Waals surface area (Å²) in [5, 5.41) is 12.6. The van der Waals surface area contributed by atoms with Gasteiger partial charge in [-0.05, 0) is 59.0 Å². The van der Waals surface area contributed by atoms with Gasteiger partial charge in [-0.2, -0.15) is 5.10 Å². The van der Waals surface area contributed by atoms with E-state index in [2.05, 4.69) is 31.5 Å². The van der Waals surface area contributed by atoms with E-state index in [0.29, 0.717) is 6.42 Å². The number of hydrogen-bond acceptors (Lipinski definition) is 3. The Balaban J connectivity index is 1.37. The molecule has 6 aromatic rings. The number of halogens is 1. The van der Waals surface area contributed by atoms with Crippen molar-refractivity contribution in [3.8, 4) is 33.8 Å². The molecule has 0 aliphatic carbocycles. The van der Waals surface area contributed by atoms with Crippen molar-refractivity contribution in [2.45, 2.75) is 27.2 Å².